The molecule has 0 aromatic heterocycles. The highest BCUT2D eigenvalue weighted by atomic mass is 32.2. The van der Waals surface area contributed by atoms with E-state index in [2.05, 4.69) is 13.0 Å². The number of methoxy groups -OCH3 is 1. The molecule has 0 aliphatic heterocycles. The number of rotatable bonds is 9. The smallest absolute Gasteiger partial charge is 0.296 e. The molecule has 3 aromatic carbocycles. The third-order valence-electron chi connectivity index (χ3n) is 5.15. The lowest BCUT2D eigenvalue weighted by atomic mass is 9.97. The highest BCUT2D eigenvalue weighted by Crippen LogP contribution is 2.35. The number of benzene rings is 3. The van der Waals surface area contributed by atoms with Crippen LogP contribution in [0, 0.1) is 6.92 Å². The first-order chi connectivity index (χ1) is 14.4. The summed E-state index contributed by atoms with van der Waals surface area (Å²) in [5, 5.41) is 0. The molecule has 5 heteroatoms. The molecule has 30 heavy (non-hydrogen) atoms. The van der Waals surface area contributed by atoms with Gasteiger partial charge in [0.2, 0.25) is 0 Å². The fourth-order valence-electron chi connectivity index (χ4n) is 3.39. The molecule has 0 saturated carbocycles. The second-order valence-electron chi connectivity index (χ2n) is 7.23. The van der Waals surface area contributed by atoms with Crippen LogP contribution < -0.4 is 4.74 Å². The highest BCUT2D eigenvalue weighted by Gasteiger charge is 2.18. The van der Waals surface area contributed by atoms with Gasteiger partial charge in [-0.2, -0.15) is 8.42 Å². The molecule has 0 saturated heterocycles. The number of hydrogen-bond donors (Lipinski definition) is 0. The van der Waals surface area contributed by atoms with E-state index in [0.717, 1.165) is 35.1 Å². The average molecular weight is 425 g/mol. The lowest BCUT2D eigenvalue weighted by Crippen LogP contribution is -2.09. The molecule has 0 atom stereocenters. The van der Waals surface area contributed by atoms with E-state index >= 15 is 0 Å². The van der Waals surface area contributed by atoms with Crippen LogP contribution in [0.15, 0.2) is 71.6 Å². The number of aryl methyl sites for hydroxylation is 3. The quantitative estimate of drug-likeness (QED) is 0.333. The lowest BCUT2D eigenvalue weighted by molar-refractivity contribution is 0.312. The zero-order chi connectivity index (χ0) is 21.6. The predicted molar refractivity (Wildman–Crippen MR) is 120 cm³/mol. The molecule has 0 amide bonds. The summed E-state index contributed by atoms with van der Waals surface area (Å²) in [7, 11) is -2.22. The maximum Gasteiger partial charge on any atom is 0.296 e. The molecule has 0 aliphatic rings. The van der Waals surface area contributed by atoms with Gasteiger partial charge in [0.25, 0.3) is 10.1 Å². The predicted octanol–water partition coefficient (Wildman–Crippen LogP) is 5.57. The van der Waals surface area contributed by atoms with Crippen molar-refractivity contribution in [2.75, 3.05) is 13.7 Å². The van der Waals surface area contributed by atoms with E-state index in [9.17, 15) is 8.42 Å². The fraction of sp³-hybridized carbons (Fsp3) is 0.280. The Morgan fingerprint density at radius 1 is 0.867 bits per heavy atom. The monoisotopic (exact) mass is 424 g/mol. The topological polar surface area (TPSA) is 52.6 Å². The first-order valence-corrected chi connectivity index (χ1v) is 11.6. The van der Waals surface area contributed by atoms with E-state index in [4.69, 9.17) is 8.92 Å². The third-order valence-corrected chi connectivity index (χ3v) is 6.46. The van der Waals surface area contributed by atoms with Crippen molar-refractivity contribution in [2.24, 2.45) is 0 Å². The normalized spacial score (nSPS) is 11.4. The minimum Gasteiger partial charge on any atom is -0.496 e. The number of hydrogen-bond acceptors (Lipinski definition) is 4. The maximum absolute atomic E-state index is 12.8. The molecule has 0 bridgehead atoms. The molecule has 158 valence electrons. The van der Waals surface area contributed by atoms with E-state index in [0.29, 0.717) is 12.2 Å². The lowest BCUT2D eigenvalue weighted by Gasteiger charge is -2.14. The third kappa shape index (κ3) is 5.29. The Kier molecular flexibility index (Phi) is 7.29. The minimum atomic E-state index is -3.84. The SMILES string of the molecule is CCc1ccc(OC)c(-c2cc(S(=O)(=O)OCCCc3ccccc3)ccc2C)c1. The van der Waals surface area contributed by atoms with Gasteiger partial charge in [0, 0.05) is 5.56 Å². The molecular formula is C25H28O4S. The van der Waals surface area contributed by atoms with Crippen LogP contribution in [0.4, 0.5) is 0 Å². The zero-order valence-electron chi connectivity index (χ0n) is 17.7. The molecule has 0 fully saturated rings. The van der Waals surface area contributed by atoms with Crippen LogP contribution in [0.3, 0.4) is 0 Å². The van der Waals surface area contributed by atoms with Gasteiger partial charge in [0.15, 0.2) is 0 Å². The van der Waals surface area contributed by atoms with Crippen LogP contribution >= 0.6 is 0 Å². The van der Waals surface area contributed by atoms with Gasteiger partial charge in [0.05, 0.1) is 18.6 Å². The Morgan fingerprint density at radius 3 is 2.33 bits per heavy atom. The van der Waals surface area contributed by atoms with Gasteiger partial charge in [-0.1, -0.05) is 49.4 Å². The van der Waals surface area contributed by atoms with Crippen LogP contribution in [0.5, 0.6) is 5.75 Å². The first kappa shape index (κ1) is 22.1. The van der Waals surface area contributed by atoms with Crippen LogP contribution in [0.25, 0.3) is 11.1 Å². The highest BCUT2D eigenvalue weighted by molar-refractivity contribution is 7.86. The van der Waals surface area contributed by atoms with Crippen molar-refractivity contribution in [3.63, 3.8) is 0 Å². The van der Waals surface area contributed by atoms with Gasteiger partial charge in [-0.05, 0) is 72.7 Å². The van der Waals surface area contributed by atoms with E-state index in [1.165, 1.54) is 5.56 Å². The molecule has 3 aromatic rings. The fourth-order valence-corrected chi connectivity index (χ4v) is 4.36. The van der Waals surface area contributed by atoms with Crippen molar-refractivity contribution in [3.8, 4) is 16.9 Å². The molecule has 0 unspecified atom stereocenters. The summed E-state index contributed by atoms with van der Waals surface area (Å²) in [5.74, 6) is 0.716. The van der Waals surface area contributed by atoms with E-state index in [-0.39, 0.29) is 11.5 Å². The van der Waals surface area contributed by atoms with Crippen LogP contribution in [0.2, 0.25) is 0 Å². The molecule has 4 nitrogen and oxygen atoms in total. The molecular weight excluding hydrogens is 396 g/mol. The van der Waals surface area contributed by atoms with Gasteiger partial charge >= 0.3 is 0 Å². The molecule has 0 spiro atoms. The first-order valence-electron chi connectivity index (χ1n) is 10.2. The Morgan fingerprint density at radius 2 is 1.63 bits per heavy atom. The largest absolute Gasteiger partial charge is 0.496 e. The molecule has 0 N–H and O–H groups in total. The van der Waals surface area contributed by atoms with Crippen molar-refractivity contribution in [1.29, 1.82) is 0 Å². The Bertz CT molecular complexity index is 1090. The van der Waals surface area contributed by atoms with Crippen molar-refractivity contribution in [1.82, 2.24) is 0 Å². The minimum absolute atomic E-state index is 0.148. The van der Waals surface area contributed by atoms with Gasteiger partial charge < -0.3 is 4.74 Å². The van der Waals surface area contributed by atoms with E-state index < -0.39 is 10.1 Å². The van der Waals surface area contributed by atoms with Crippen LogP contribution in [-0.2, 0) is 27.1 Å². The number of ether oxygens (including phenoxy) is 1. The summed E-state index contributed by atoms with van der Waals surface area (Å²) in [5.41, 5.74) is 5.02. The molecule has 0 radical (unpaired) electrons. The summed E-state index contributed by atoms with van der Waals surface area (Å²) in [6.45, 7) is 4.20. The van der Waals surface area contributed by atoms with Crippen LogP contribution in [0.1, 0.15) is 30.0 Å². The summed E-state index contributed by atoms with van der Waals surface area (Å²) >= 11 is 0. The van der Waals surface area contributed by atoms with E-state index in [1.807, 2.05) is 55.5 Å². The van der Waals surface area contributed by atoms with Crippen molar-refractivity contribution < 1.29 is 17.3 Å². The Balaban J connectivity index is 1.80. The Hall–Kier alpha value is -2.63. The van der Waals surface area contributed by atoms with Gasteiger partial charge in [0.1, 0.15) is 5.75 Å². The van der Waals surface area contributed by atoms with Gasteiger partial charge in [-0.3, -0.25) is 4.18 Å². The Labute approximate surface area is 179 Å². The summed E-state index contributed by atoms with van der Waals surface area (Å²) < 4.78 is 36.4. The van der Waals surface area contributed by atoms with Crippen molar-refractivity contribution >= 4 is 10.1 Å². The summed E-state index contributed by atoms with van der Waals surface area (Å²) in [6, 6.07) is 21.1. The second kappa shape index (κ2) is 9.92. The van der Waals surface area contributed by atoms with Crippen LogP contribution in [-0.4, -0.2) is 22.1 Å². The molecule has 0 heterocycles. The van der Waals surface area contributed by atoms with Gasteiger partial charge in [-0.15, -0.1) is 0 Å². The standard InChI is InChI=1S/C25H28O4S/c1-4-20-13-15-25(28-3)24(17-20)23-18-22(14-12-19(23)2)30(26,27)29-16-8-11-21-9-6-5-7-10-21/h5-7,9-10,12-15,17-18H,4,8,11,16H2,1-3H3. The summed E-state index contributed by atoms with van der Waals surface area (Å²) in [4.78, 5) is 0.159. The van der Waals surface area contributed by atoms with Crippen molar-refractivity contribution in [3.05, 3.63) is 83.4 Å². The second-order valence-corrected chi connectivity index (χ2v) is 8.85. The van der Waals surface area contributed by atoms with Crippen molar-refractivity contribution in [2.45, 2.75) is 38.0 Å². The van der Waals surface area contributed by atoms with Gasteiger partial charge in [-0.25, -0.2) is 0 Å². The molecule has 3 rings (SSSR count). The average Bonchev–Trinajstić information content (AvgIpc) is 2.77. The molecule has 0 aliphatic carbocycles. The zero-order valence-corrected chi connectivity index (χ0v) is 18.5. The van der Waals surface area contributed by atoms with E-state index in [1.54, 1.807) is 19.2 Å². The maximum atomic E-state index is 12.8. The summed E-state index contributed by atoms with van der Waals surface area (Å²) in [6.07, 6.45) is 2.30.